The Morgan fingerprint density at radius 1 is 1.09 bits per heavy atom. The molecule has 0 saturated carbocycles. The molecule has 1 aliphatic rings. The van der Waals surface area contributed by atoms with Gasteiger partial charge in [-0.05, 0) is 49.7 Å². The molecule has 1 fully saturated rings. The topological polar surface area (TPSA) is 147 Å². The fraction of sp³-hybridized carbons (Fsp3) is 0.625. The Bertz CT molecular complexity index is 902. The first-order chi connectivity index (χ1) is 16.5. The summed E-state index contributed by atoms with van der Waals surface area (Å²) >= 11 is 3.90. The van der Waals surface area contributed by atoms with Gasteiger partial charge in [0, 0.05) is 12.5 Å². The highest BCUT2D eigenvalue weighted by atomic mass is 32.1. The van der Waals surface area contributed by atoms with Gasteiger partial charge in [-0.25, -0.2) is 0 Å². The van der Waals surface area contributed by atoms with Crippen LogP contribution in [0.4, 0.5) is 0 Å². The van der Waals surface area contributed by atoms with E-state index in [0.717, 1.165) is 6.42 Å². The van der Waals surface area contributed by atoms with Gasteiger partial charge in [-0.15, -0.1) is 12.6 Å². The fourth-order valence-corrected chi connectivity index (χ4v) is 4.13. The average Bonchev–Trinajstić information content (AvgIpc) is 3.32. The summed E-state index contributed by atoms with van der Waals surface area (Å²) in [5, 5.41) is 10.2. The summed E-state index contributed by atoms with van der Waals surface area (Å²) in [6.45, 7) is 7.94. The van der Waals surface area contributed by atoms with Crippen molar-refractivity contribution >= 4 is 41.4 Å². The van der Waals surface area contributed by atoms with Crippen LogP contribution in [0.3, 0.4) is 0 Å². The fourth-order valence-electron chi connectivity index (χ4n) is 3.96. The highest BCUT2D eigenvalue weighted by Gasteiger charge is 2.33. The lowest BCUT2D eigenvalue weighted by Crippen LogP contribution is -2.57. The Labute approximate surface area is 211 Å². The van der Waals surface area contributed by atoms with E-state index in [1.54, 1.807) is 19.9 Å². The van der Waals surface area contributed by atoms with Gasteiger partial charge in [-0.1, -0.05) is 27.7 Å². The summed E-state index contributed by atoms with van der Waals surface area (Å²) in [4.78, 5) is 62.9. The Hall–Kier alpha value is -2.82. The molecule has 11 heteroatoms. The van der Waals surface area contributed by atoms with Crippen molar-refractivity contribution in [2.75, 3.05) is 6.54 Å². The maximum absolute atomic E-state index is 13.1. The third-order valence-electron chi connectivity index (χ3n) is 5.85. The molecule has 1 aromatic heterocycles. The average molecular weight is 509 g/mol. The van der Waals surface area contributed by atoms with Gasteiger partial charge in [0.1, 0.15) is 12.1 Å². The number of thiol groups is 1. The Morgan fingerprint density at radius 3 is 2.31 bits per heavy atom. The smallest absolute Gasteiger partial charge is 0.287 e. The molecular formula is C24H36N4O6S. The third kappa shape index (κ3) is 8.72. The summed E-state index contributed by atoms with van der Waals surface area (Å²) in [5.74, 6) is -2.31. The normalized spacial score (nSPS) is 18.4. The highest BCUT2D eigenvalue weighted by Crippen LogP contribution is 2.19. The van der Waals surface area contributed by atoms with Crippen LogP contribution < -0.4 is 21.3 Å². The number of nitrogens with one attached hydrogen (secondary N) is 4. The lowest BCUT2D eigenvalue weighted by molar-refractivity contribution is -0.132. The zero-order valence-corrected chi connectivity index (χ0v) is 21.5. The van der Waals surface area contributed by atoms with Crippen LogP contribution >= 0.6 is 12.6 Å². The Balaban J connectivity index is 2.10. The summed E-state index contributed by atoms with van der Waals surface area (Å²) < 4.78 is 5.09. The van der Waals surface area contributed by atoms with E-state index in [2.05, 4.69) is 33.9 Å². The van der Waals surface area contributed by atoms with Crippen LogP contribution in [0.25, 0.3) is 0 Å². The van der Waals surface area contributed by atoms with Crippen molar-refractivity contribution in [2.45, 2.75) is 71.5 Å². The number of rotatable bonds is 12. The van der Waals surface area contributed by atoms with E-state index < -0.39 is 46.9 Å². The molecular weight excluding hydrogens is 472 g/mol. The van der Waals surface area contributed by atoms with E-state index in [9.17, 15) is 24.0 Å². The van der Waals surface area contributed by atoms with Gasteiger partial charge in [0.25, 0.3) is 5.91 Å². The van der Waals surface area contributed by atoms with Crippen molar-refractivity contribution in [3.63, 3.8) is 0 Å². The molecule has 1 saturated heterocycles. The largest absolute Gasteiger partial charge is 0.459 e. The summed E-state index contributed by atoms with van der Waals surface area (Å²) in [5.41, 5.74) is 0. The maximum Gasteiger partial charge on any atom is 0.287 e. The number of carbonyl (C=O) groups excluding carboxylic acids is 5. The molecule has 4 N–H and O–H groups in total. The molecule has 0 unspecified atom stereocenters. The molecule has 194 valence electrons. The van der Waals surface area contributed by atoms with Gasteiger partial charge < -0.3 is 25.7 Å². The molecule has 0 radical (unpaired) electrons. The minimum absolute atomic E-state index is 0.0514. The molecule has 1 aliphatic heterocycles. The van der Waals surface area contributed by atoms with Crippen molar-refractivity contribution in [1.82, 2.24) is 21.3 Å². The Morgan fingerprint density at radius 2 is 1.77 bits per heavy atom. The van der Waals surface area contributed by atoms with Gasteiger partial charge in [0.2, 0.25) is 22.8 Å². The van der Waals surface area contributed by atoms with Gasteiger partial charge in [-0.3, -0.25) is 24.0 Å². The molecule has 2 heterocycles. The zero-order chi connectivity index (χ0) is 26.1. The zero-order valence-electron chi connectivity index (χ0n) is 20.6. The first-order valence-corrected chi connectivity index (χ1v) is 12.4. The van der Waals surface area contributed by atoms with Gasteiger partial charge in [0.05, 0.1) is 12.3 Å². The first kappa shape index (κ1) is 28.4. The van der Waals surface area contributed by atoms with Crippen molar-refractivity contribution in [2.24, 2.45) is 17.8 Å². The van der Waals surface area contributed by atoms with Crippen LogP contribution in [0.2, 0.25) is 0 Å². The van der Waals surface area contributed by atoms with Gasteiger partial charge >= 0.3 is 0 Å². The number of piperidine rings is 1. The SMILES string of the molecule is CC(C)C[C@H](NC(=O)[C@@H](NC(=O)c1ccco1)C(C)C)C(=O)N[C@@H](C[C@@H]1CCCNC1=O)C(=O)S. The second-order valence-electron chi connectivity index (χ2n) is 9.63. The molecule has 4 atom stereocenters. The molecule has 0 spiro atoms. The number of furan rings is 1. The molecule has 0 bridgehead atoms. The van der Waals surface area contributed by atoms with Crippen LogP contribution in [0, 0.1) is 17.8 Å². The quantitative estimate of drug-likeness (QED) is 0.270. The van der Waals surface area contributed by atoms with E-state index in [0.29, 0.717) is 19.4 Å². The van der Waals surface area contributed by atoms with Crippen LogP contribution in [-0.4, -0.2) is 53.4 Å². The first-order valence-electron chi connectivity index (χ1n) is 11.9. The second kappa shape index (κ2) is 13.3. The molecule has 2 rings (SSSR count). The molecule has 1 aromatic rings. The molecule has 10 nitrogen and oxygen atoms in total. The lowest BCUT2D eigenvalue weighted by atomic mass is 9.91. The summed E-state index contributed by atoms with van der Waals surface area (Å²) in [6.07, 6.45) is 3.22. The van der Waals surface area contributed by atoms with Crippen molar-refractivity contribution in [1.29, 1.82) is 0 Å². The number of hydrogen-bond acceptors (Lipinski definition) is 6. The van der Waals surface area contributed by atoms with E-state index in [1.807, 2.05) is 13.8 Å². The molecule has 0 aromatic carbocycles. The highest BCUT2D eigenvalue weighted by molar-refractivity contribution is 7.96. The number of hydrogen-bond donors (Lipinski definition) is 5. The molecule has 35 heavy (non-hydrogen) atoms. The summed E-state index contributed by atoms with van der Waals surface area (Å²) in [7, 11) is 0. The minimum atomic E-state index is -0.967. The van der Waals surface area contributed by atoms with E-state index in [4.69, 9.17) is 4.42 Å². The van der Waals surface area contributed by atoms with Crippen molar-refractivity contribution in [3.8, 4) is 0 Å². The standard InChI is InChI=1S/C24H36N4O6S/c1-13(2)11-16(21(30)27-17(24(33)35)12-15-7-5-9-25-20(15)29)26-23(32)19(14(3)4)28-22(31)18-8-6-10-34-18/h6,8,10,13-17,19H,5,7,9,11-12H2,1-4H3,(H,25,29)(H,26,32)(H,27,30)(H,28,31)(H,33,35)/t15-,16-,17-,19-/m0/s1. The Kier molecular flexibility index (Phi) is 10.8. The predicted octanol–water partition coefficient (Wildman–Crippen LogP) is 1.42. The van der Waals surface area contributed by atoms with Crippen LogP contribution in [-0.2, 0) is 19.2 Å². The molecule has 0 aliphatic carbocycles. The van der Waals surface area contributed by atoms with E-state index in [1.165, 1.54) is 12.3 Å². The maximum atomic E-state index is 13.1. The van der Waals surface area contributed by atoms with Crippen molar-refractivity contribution in [3.05, 3.63) is 24.2 Å². The summed E-state index contributed by atoms with van der Waals surface area (Å²) in [6, 6.07) is 0.230. The molecule has 4 amide bonds. The van der Waals surface area contributed by atoms with Crippen LogP contribution in [0.5, 0.6) is 0 Å². The third-order valence-corrected chi connectivity index (χ3v) is 6.17. The van der Waals surface area contributed by atoms with Crippen LogP contribution in [0.15, 0.2) is 22.8 Å². The van der Waals surface area contributed by atoms with Crippen LogP contribution in [0.1, 0.15) is 63.9 Å². The minimum Gasteiger partial charge on any atom is -0.459 e. The van der Waals surface area contributed by atoms with E-state index in [-0.39, 0.29) is 29.9 Å². The lowest BCUT2D eigenvalue weighted by Gasteiger charge is -2.28. The van der Waals surface area contributed by atoms with Gasteiger partial charge in [0.15, 0.2) is 5.76 Å². The van der Waals surface area contributed by atoms with E-state index >= 15 is 0 Å². The van der Waals surface area contributed by atoms with Crippen molar-refractivity contribution < 1.29 is 28.4 Å². The number of amides is 4. The predicted molar refractivity (Wildman–Crippen MR) is 132 cm³/mol. The second-order valence-corrected chi connectivity index (χ2v) is 10.1. The number of carbonyl (C=O) groups is 5. The monoisotopic (exact) mass is 508 g/mol. The van der Waals surface area contributed by atoms with Gasteiger partial charge in [-0.2, -0.15) is 0 Å².